The first-order chi connectivity index (χ1) is 27.2. The number of rotatable bonds is 9. The number of piperidine rings is 2. The van der Waals surface area contributed by atoms with Crippen LogP contribution in [0.15, 0.2) is 54.6 Å². The van der Waals surface area contributed by atoms with Crippen LogP contribution in [0, 0.1) is 28.1 Å². The largest absolute Gasteiger partial charge is 0.489 e. The van der Waals surface area contributed by atoms with Crippen molar-refractivity contribution in [1.82, 2.24) is 20.0 Å². The number of hydrogen-bond acceptors (Lipinski definition) is 8. The third-order valence-corrected chi connectivity index (χ3v) is 13.5. The Hall–Kier alpha value is -5.21. The molecule has 57 heavy (non-hydrogen) atoms. The van der Waals surface area contributed by atoms with Crippen LogP contribution < -0.4 is 15.0 Å². The van der Waals surface area contributed by atoms with Gasteiger partial charge < -0.3 is 19.4 Å². The highest BCUT2D eigenvalue weighted by Crippen LogP contribution is 2.58. The molecule has 0 aromatic heterocycles. The number of aryl methyl sites for hydroxylation is 1. The second kappa shape index (κ2) is 14.6. The van der Waals surface area contributed by atoms with Gasteiger partial charge in [0, 0.05) is 86.4 Å². The molecule has 3 aromatic carbocycles. The summed E-state index contributed by atoms with van der Waals surface area (Å²) in [5, 5.41) is 11.8. The molecule has 4 heterocycles. The number of benzene rings is 3. The fourth-order valence-electron chi connectivity index (χ4n) is 11.1. The maximum absolute atomic E-state index is 13.9. The Bertz CT molecular complexity index is 2150. The Morgan fingerprint density at radius 3 is 2.25 bits per heavy atom. The highest BCUT2D eigenvalue weighted by atomic mass is 16.5. The van der Waals surface area contributed by atoms with Crippen molar-refractivity contribution in [2.45, 2.75) is 105 Å². The predicted octanol–water partition coefficient (Wildman–Crippen LogP) is 6.07. The SMILES string of the molecule is CCc1cc(O[C@H]2C(C)(C)[C@H](N(C)C(=O)c3ccc(N4CCC(CN5Cc6cc7c(cc6C5)C(=O)N(C5CCC(=O)NC5=O)C7)CC4)cc3)C2(C)C)ccc1C#N. The lowest BCUT2D eigenvalue weighted by atomic mass is 9.49. The van der Waals surface area contributed by atoms with Gasteiger partial charge in [0.15, 0.2) is 0 Å². The summed E-state index contributed by atoms with van der Waals surface area (Å²) in [6, 6.07) is 19.6. The number of nitrogens with zero attached hydrogens (tertiary/aromatic N) is 5. The molecule has 1 unspecified atom stereocenters. The van der Waals surface area contributed by atoms with Crippen LogP contribution in [0.5, 0.6) is 5.75 Å². The van der Waals surface area contributed by atoms with Crippen molar-refractivity contribution < 1.29 is 23.9 Å². The van der Waals surface area contributed by atoms with Gasteiger partial charge in [-0.05, 0) is 102 Å². The van der Waals surface area contributed by atoms with Crippen LogP contribution in [0.3, 0.4) is 0 Å². The average molecular weight is 771 g/mol. The molecule has 1 N–H and O–H groups in total. The lowest BCUT2D eigenvalue weighted by molar-refractivity contribution is -0.195. The summed E-state index contributed by atoms with van der Waals surface area (Å²) in [5.74, 6) is 0.574. The molecule has 4 aliphatic heterocycles. The second-order valence-electron chi connectivity index (χ2n) is 18.1. The van der Waals surface area contributed by atoms with E-state index in [9.17, 15) is 24.4 Å². The van der Waals surface area contributed by atoms with E-state index in [4.69, 9.17) is 4.74 Å². The lowest BCUT2D eigenvalue weighted by Crippen LogP contribution is -2.74. The van der Waals surface area contributed by atoms with E-state index in [0.29, 0.717) is 35.6 Å². The molecule has 1 atom stereocenters. The molecule has 2 saturated heterocycles. The first-order valence-corrected chi connectivity index (χ1v) is 20.5. The van der Waals surface area contributed by atoms with Gasteiger partial charge in [0.1, 0.15) is 17.9 Å². The minimum atomic E-state index is -0.591. The van der Waals surface area contributed by atoms with Gasteiger partial charge in [0.05, 0.1) is 11.6 Å². The first kappa shape index (κ1) is 38.7. The van der Waals surface area contributed by atoms with Crippen LogP contribution in [0.2, 0.25) is 0 Å². The van der Waals surface area contributed by atoms with Gasteiger partial charge in [-0.25, -0.2) is 0 Å². The molecular formula is C46H54N6O5. The van der Waals surface area contributed by atoms with Gasteiger partial charge in [-0.1, -0.05) is 40.7 Å². The number of imide groups is 1. The van der Waals surface area contributed by atoms with E-state index >= 15 is 0 Å². The number of hydrogen-bond donors (Lipinski definition) is 1. The predicted molar refractivity (Wildman–Crippen MR) is 216 cm³/mol. The number of anilines is 1. The molecule has 4 amide bonds. The van der Waals surface area contributed by atoms with Crippen LogP contribution in [0.4, 0.5) is 5.69 Å². The normalized spacial score (nSPS) is 24.0. The number of carbonyl (C=O) groups is 4. The average Bonchev–Trinajstić information content (AvgIpc) is 3.73. The second-order valence-corrected chi connectivity index (χ2v) is 18.1. The summed E-state index contributed by atoms with van der Waals surface area (Å²) in [7, 11) is 1.91. The van der Waals surface area contributed by atoms with Crippen molar-refractivity contribution in [1.29, 1.82) is 5.26 Å². The molecule has 0 bridgehead atoms. The van der Waals surface area contributed by atoms with E-state index < -0.39 is 6.04 Å². The number of fused-ring (bicyclic) bond motifs is 2. The summed E-state index contributed by atoms with van der Waals surface area (Å²) in [6.07, 6.45) is 3.45. The molecule has 1 saturated carbocycles. The lowest BCUT2D eigenvalue weighted by Gasteiger charge is -2.65. The fourth-order valence-corrected chi connectivity index (χ4v) is 11.1. The molecule has 8 rings (SSSR count). The van der Waals surface area contributed by atoms with Crippen molar-refractivity contribution in [3.63, 3.8) is 0 Å². The van der Waals surface area contributed by atoms with Crippen LogP contribution in [-0.2, 0) is 35.6 Å². The van der Waals surface area contributed by atoms with E-state index in [1.165, 1.54) is 11.1 Å². The molecule has 1 aliphatic carbocycles. The zero-order valence-electron chi connectivity index (χ0n) is 34.1. The minimum Gasteiger partial charge on any atom is -0.489 e. The maximum Gasteiger partial charge on any atom is 0.255 e. The van der Waals surface area contributed by atoms with Crippen LogP contribution >= 0.6 is 0 Å². The molecular weight excluding hydrogens is 717 g/mol. The molecule has 0 spiro atoms. The molecule has 3 aromatic rings. The molecule has 298 valence electrons. The number of ether oxygens (including phenoxy) is 1. The van der Waals surface area contributed by atoms with Crippen molar-refractivity contribution >= 4 is 29.3 Å². The minimum absolute atomic E-state index is 0.00402. The number of amides is 4. The van der Waals surface area contributed by atoms with E-state index in [1.807, 2.05) is 55.3 Å². The van der Waals surface area contributed by atoms with E-state index in [0.717, 1.165) is 74.6 Å². The van der Waals surface area contributed by atoms with Gasteiger partial charge in [0.25, 0.3) is 11.8 Å². The Morgan fingerprint density at radius 1 is 0.912 bits per heavy atom. The van der Waals surface area contributed by atoms with Gasteiger partial charge in [0.2, 0.25) is 11.8 Å². The Kier molecular flexibility index (Phi) is 9.92. The van der Waals surface area contributed by atoms with Crippen LogP contribution in [-0.4, -0.2) is 83.2 Å². The molecule has 11 nitrogen and oxygen atoms in total. The summed E-state index contributed by atoms with van der Waals surface area (Å²) >= 11 is 0. The van der Waals surface area contributed by atoms with Gasteiger partial charge in [-0.15, -0.1) is 0 Å². The van der Waals surface area contributed by atoms with E-state index in [-0.39, 0.29) is 53.0 Å². The number of nitrogens with one attached hydrogen (secondary N) is 1. The molecule has 3 fully saturated rings. The maximum atomic E-state index is 13.9. The molecule has 5 aliphatic rings. The van der Waals surface area contributed by atoms with Gasteiger partial charge in [-0.2, -0.15) is 5.26 Å². The first-order valence-electron chi connectivity index (χ1n) is 20.5. The van der Waals surface area contributed by atoms with Crippen LogP contribution in [0.25, 0.3) is 0 Å². The quantitative estimate of drug-likeness (QED) is 0.260. The van der Waals surface area contributed by atoms with Crippen molar-refractivity contribution in [3.8, 4) is 11.8 Å². The third-order valence-electron chi connectivity index (χ3n) is 13.5. The summed E-state index contributed by atoms with van der Waals surface area (Å²) in [4.78, 5) is 59.8. The summed E-state index contributed by atoms with van der Waals surface area (Å²) < 4.78 is 6.59. The van der Waals surface area contributed by atoms with Crippen molar-refractivity contribution in [2.24, 2.45) is 16.7 Å². The zero-order chi connectivity index (χ0) is 40.4. The Morgan fingerprint density at radius 2 is 1.60 bits per heavy atom. The standard InChI is InChI=1S/C46H54N6O5/c1-7-29-21-36(13-10-31(29)23-47)57-44-45(2,3)43(46(44,4)5)49(6)41(55)30-8-11-35(12-9-30)51-18-16-28(17-19-51)24-50-25-32-20-34-27-52(38-14-15-39(53)48-40(38)54)42(56)37(34)22-33(32)26-50/h8-13,20-22,28,38,43-44H,7,14-19,24-27H2,1-6H3,(H,48,53,54)/t38?,43-,44-. The Balaban J connectivity index is 0.827. The van der Waals surface area contributed by atoms with Gasteiger partial charge in [-0.3, -0.25) is 29.4 Å². The van der Waals surface area contributed by atoms with E-state index in [1.54, 1.807) is 4.90 Å². The van der Waals surface area contributed by atoms with Gasteiger partial charge >= 0.3 is 0 Å². The third kappa shape index (κ3) is 6.86. The summed E-state index contributed by atoms with van der Waals surface area (Å²) in [6.45, 7) is 15.7. The highest BCUT2D eigenvalue weighted by molar-refractivity contribution is 6.05. The zero-order valence-corrected chi connectivity index (χ0v) is 34.1. The fraction of sp³-hybridized carbons (Fsp3) is 0.500. The van der Waals surface area contributed by atoms with E-state index in [2.05, 4.69) is 67.1 Å². The molecule has 0 radical (unpaired) electrons. The highest BCUT2D eigenvalue weighted by Gasteiger charge is 2.65. The number of nitriles is 1. The topological polar surface area (TPSA) is 126 Å². The summed E-state index contributed by atoms with van der Waals surface area (Å²) in [5.41, 5.74) is 6.99. The Labute approximate surface area is 335 Å². The van der Waals surface area contributed by atoms with Crippen molar-refractivity contribution in [2.75, 3.05) is 31.6 Å². The van der Waals surface area contributed by atoms with Crippen LogP contribution in [0.1, 0.15) is 109 Å². The van der Waals surface area contributed by atoms with Crippen molar-refractivity contribution in [3.05, 3.63) is 93.5 Å². The number of carbonyl (C=O) groups excluding carboxylic acids is 4. The molecule has 11 heteroatoms. The monoisotopic (exact) mass is 770 g/mol. The smallest absolute Gasteiger partial charge is 0.255 e.